The van der Waals surface area contributed by atoms with Gasteiger partial charge in [0, 0.05) is 24.3 Å². The number of rotatable bonds is 6. The van der Waals surface area contributed by atoms with Gasteiger partial charge in [-0.1, -0.05) is 30.3 Å². The fourth-order valence-corrected chi connectivity index (χ4v) is 2.68. The van der Waals surface area contributed by atoms with Crippen LogP contribution in [0.25, 0.3) is 0 Å². The number of carbonyl (C=O) groups is 1. The first-order valence-corrected chi connectivity index (χ1v) is 8.17. The van der Waals surface area contributed by atoms with Crippen LogP contribution in [0.4, 0.5) is 4.79 Å². The highest BCUT2D eigenvalue weighted by Crippen LogP contribution is 2.18. The minimum Gasteiger partial charge on any atom is -0.384 e. The SMILES string of the molecule is CCn1nc(C)c(CNC(=O)NC[C@](C)(O)c2ccccc2)c1C. The number of aliphatic hydroxyl groups is 1. The predicted octanol–water partition coefficient (Wildman–Crippen LogP) is 2.23. The first kappa shape index (κ1) is 18.0. The molecule has 0 aliphatic heterocycles. The number of carbonyl (C=O) groups excluding carboxylic acids is 1. The van der Waals surface area contributed by atoms with Crippen LogP contribution in [0.5, 0.6) is 0 Å². The summed E-state index contributed by atoms with van der Waals surface area (Å²) in [7, 11) is 0. The third-order valence-corrected chi connectivity index (χ3v) is 4.25. The maximum Gasteiger partial charge on any atom is 0.315 e. The molecule has 0 aliphatic rings. The lowest BCUT2D eigenvalue weighted by Gasteiger charge is -2.24. The van der Waals surface area contributed by atoms with Crippen LogP contribution in [-0.4, -0.2) is 27.5 Å². The summed E-state index contributed by atoms with van der Waals surface area (Å²) in [6.07, 6.45) is 0. The summed E-state index contributed by atoms with van der Waals surface area (Å²) < 4.78 is 1.92. The van der Waals surface area contributed by atoms with Crippen LogP contribution >= 0.6 is 0 Å². The van der Waals surface area contributed by atoms with E-state index in [1.165, 1.54) is 0 Å². The molecule has 1 heterocycles. The van der Waals surface area contributed by atoms with Gasteiger partial charge in [-0.3, -0.25) is 4.68 Å². The maximum atomic E-state index is 12.0. The summed E-state index contributed by atoms with van der Waals surface area (Å²) in [5, 5.41) is 20.5. The molecule has 0 aliphatic carbocycles. The Hall–Kier alpha value is -2.34. The van der Waals surface area contributed by atoms with Crippen LogP contribution < -0.4 is 10.6 Å². The fourth-order valence-electron chi connectivity index (χ4n) is 2.68. The number of hydrogen-bond donors (Lipinski definition) is 3. The molecule has 1 aromatic heterocycles. The van der Waals surface area contributed by atoms with Crippen molar-refractivity contribution in [3.8, 4) is 0 Å². The van der Waals surface area contributed by atoms with E-state index in [0.717, 1.165) is 29.1 Å². The Kier molecular flexibility index (Phi) is 5.62. The zero-order valence-corrected chi connectivity index (χ0v) is 14.8. The zero-order valence-electron chi connectivity index (χ0n) is 14.8. The monoisotopic (exact) mass is 330 g/mol. The molecule has 2 amide bonds. The second-order valence-electron chi connectivity index (χ2n) is 6.14. The van der Waals surface area contributed by atoms with Crippen LogP contribution in [0.1, 0.15) is 36.4 Å². The number of nitrogens with one attached hydrogen (secondary N) is 2. The number of urea groups is 1. The highest BCUT2D eigenvalue weighted by atomic mass is 16.3. The minimum atomic E-state index is -1.11. The van der Waals surface area contributed by atoms with Gasteiger partial charge in [0.05, 0.1) is 12.2 Å². The molecule has 0 saturated carbocycles. The van der Waals surface area contributed by atoms with E-state index in [1.807, 2.05) is 55.8 Å². The van der Waals surface area contributed by atoms with E-state index in [0.29, 0.717) is 6.54 Å². The third-order valence-electron chi connectivity index (χ3n) is 4.25. The van der Waals surface area contributed by atoms with Crippen molar-refractivity contribution in [2.45, 2.75) is 46.4 Å². The lowest BCUT2D eigenvalue weighted by atomic mass is 9.96. The van der Waals surface area contributed by atoms with Crippen molar-refractivity contribution in [3.05, 3.63) is 52.8 Å². The van der Waals surface area contributed by atoms with Crippen molar-refractivity contribution in [1.82, 2.24) is 20.4 Å². The largest absolute Gasteiger partial charge is 0.384 e. The topological polar surface area (TPSA) is 79.2 Å². The Morgan fingerprint density at radius 1 is 1.25 bits per heavy atom. The van der Waals surface area contributed by atoms with E-state index >= 15 is 0 Å². The van der Waals surface area contributed by atoms with Crippen molar-refractivity contribution in [1.29, 1.82) is 0 Å². The second-order valence-corrected chi connectivity index (χ2v) is 6.14. The van der Waals surface area contributed by atoms with Crippen molar-refractivity contribution >= 4 is 6.03 Å². The summed E-state index contributed by atoms with van der Waals surface area (Å²) in [6, 6.07) is 8.98. The highest BCUT2D eigenvalue weighted by molar-refractivity contribution is 5.74. The quantitative estimate of drug-likeness (QED) is 0.760. The molecule has 0 bridgehead atoms. The fraction of sp³-hybridized carbons (Fsp3) is 0.444. The molecule has 0 unspecified atom stereocenters. The van der Waals surface area contributed by atoms with Gasteiger partial charge in [0.15, 0.2) is 0 Å². The molecule has 6 heteroatoms. The number of amides is 2. The molecule has 6 nitrogen and oxygen atoms in total. The van der Waals surface area contributed by atoms with Crippen molar-refractivity contribution in [2.24, 2.45) is 0 Å². The average molecular weight is 330 g/mol. The van der Waals surface area contributed by atoms with Crippen LogP contribution in [-0.2, 0) is 18.7 Å². The molecule has 130 valence electrons. The Balaban J connectivity index is 1.89. The molecule has 24 heavy (non-hydrogen) atoms. The Labute approximate surface area is 142 Å². The van der Waals surface area contributed by atoms with Gasteiger partial charge in [0.1, 0.15) is 5.60 Å². The van der Waals surface area contributed by atoms with Gasteiger partial charge >= 0.3 is 6.03 Å². The second kappa shape index (κ2) is 7.49. The molecule has 1 atom stereocenters. The molecule has 0 saturated heterocycles. The van der Waals surface area contributed by atoms with Crippen LogP contribution in [0.15, 0.2) is 30.3 Å². The summed E-state index contributed by atoms with van der Waals surface area (Å²) in [6.45, 7) is 9.01. The normalized spacial score (nSPS) is 13.4. The maximum absolute atomic E-state index is 12.0. The minimum absolute atomic E-state index is 0.134. The lowest BCUT2D eigenvalue weighted by Crippen LogP contribution is -2.43. The number of nitrogens with zero attached hydrogens (tertiary/aromatic N) is 2. The molecule has 2 aromatic rings. The third kappa shape index (κ3) is 4.14. The van der Waals surface area contributed by atoms with E-state index in [1.54, 1.807) is 6.92 Å². The molecule has 0 radical (unpaired) electrons. The molecule has 2 rings (SSSR count). The number of aryl methyl sites for hydroxylation is 2. The number of aromatic nitrogens is 2. The number of hydrogen-bond acceptors (Lipinski definition) is 3. The van der Waals surface area contributed by atoms with E-state index in [2.05, 4.69) is 15.7 Å². The molecular weight excluding hydrogens is 304 g/mol. The standard InChI is InChI=1S/C18H26N4O2/c1-5-22-14(3)16(13(2)21-22)11-19-17(23)20-12-18(4,24)15-9-7-6-8-10-15/h6-10,24H,5,11-12H2,1-4H3,(H2,19,20,23)/t18-/m0/s1. The van der Waals surface area contributed by atoms with Gasteiger partial charge in [-0.15, -0.1) is 0 Å². The zero-order chi connectivity index (χ0) is 17.7. The Bertz CT molecular complexity index is 693. The summed E-state index contributed by atoms with van der Waals surface area (Å²) in [5.41, 5.74) is 2.66. The smallest absolute Gasteiger partial charge is 0.315 e. The van der Waals surface area contributed by atoms with E-state index in [4.69, 9.17) is 0 Å². The van der Waals surface area contributed by atoms with E-state index in [9.17, 15) is 9.90 Å². The summed E-state index contributed by atoms with van der Waals surface area (Å²) in [4.78, 5) is 12.0. The van der Waals surface area contributed by atoms with Gasteiger partial charge in [-0.2, -0.15) is 5.10 Å². The average Bonchev–Trinajstić information content (AvgIpc) is 2.85. The van der Waals surface area contributed by atoms with Crippen LogP contribution in [0.3, 0.4) is 0 Å². The van der Waals surface area contributed by atoms with Gasteiger partial charge in [0.2, 0.25) is 0 Å². The van der Waals surface area contributed by atoms with Crippen molar-refractivity contribution < 1.29 is 9.90 Å². The summed E-state index contributed by atoms with van der Waals surface area (Å²) >= 11 is 0. The van der Waals surface area contributed by atoms with Crippen LogP contribution in [0.2, 0.25) is 0 Å². The Morgan fingerprint density at radius 3 is 2.50 bits per heavy atom. The predicted molar refractivity (Wildman–Crippen MR) is 93.6 cm³/mol. The first-order chi connectivity index (χ1) is 11.3. The van der Waals surface area contributed by atoms with Gasteiger partial charge < -0.3 is 15.7 Å². The molecular formula is C18H26N4O2. The highest BCUT2D eigenvalue weighted by Gasteiger charge is 2.23. The molecule has 1 aromatic carbocycles. The summed E-state index contributed by atoms with van der Waals surface area (Å²) in [5.74, 6) is 0. The molecule has 3 N–H and O–H groups in total. The lowest BCUT2D eigenvalue weighted by molar-refractivity contribution is 0.0594. The van der Waals surface area contributed by atoms with Crippen molar-refractivity contribution in [3.63, 3.8) is 0 Å². The molecule has 0 fully saturated rings. The van der Waals surface area contributed by atoms with Crippen LogP contribution in [0, 0.1) is 13.8 Å². The Morgan fingerprint density at radius 2 is 1.92 bits per heavy atom. The van der Waals surface area contributed by atoms with E-state index in [-0.39, 0.29) is 12.6 Å². The first-order valence-electron chi connectivity index (χ1n) is 8.17. The van der Waals surface area contributed by atoms with Gasteiger partial charge in [0.25, 0.3) is 0 Å². The molecule has 0 spiro atoms. The number of benzene rings is 1. The van der Waals surface area contributed by atoms with Gasteiger partial charge in [-0.05, 0) is 33.3 Å². The van der Waals surface area contributed by atoms with Crippen molar-refractivity contribution in [2.75, 3.05) is 6.54 Å². The van der Waals surface area contributed by atoms with Gasteiger partial charge in [-0.25, -0.2) is 4.79 Å². The van der Waals surface area contributed by atoms with E-state index < -0.39 is 5.60 Å².